The largest absolute Gasteiger partial charge is 0.493 e. The van der Waals surface area contributed by atoms with E-state index < -0.39 is 0 Å². The Kier molecular flexibility index (Phi) is 5.24. The van der Waals surface area contributed by atoms with Crippen molar-refractivity contribution in [2.45, 2.75) is 13.5 Å². The minimum Gasteiger partial charge on any atom is -0.493 e. The lowest BCUT2D eigenvalue weighted by atomic mass is 10.2. The van der Waals surface area contributed by atoms with Crippen molar-refractivity contribution in [3.05, 3.63) is 53.9 Å². The number of aryl methyl sites for hydroxylation is 1. The van der Waals surface area contributed by atoms with Gasteiger partial charge in [-0.05, 0) is 36.8 Å². The molecule has 2 heterocycles. The minimum atomic E-state index is 0.266. The van der Waals surface area contributed by atoms with Gasteiger partial charge in [0.2, 0.25) is 6.79 Å². The monoisotopic (exact) mass is 394 g/mol. The Morgan fingerprint density at radius 1 is 0.897 bits per heavy atom. The molecule has 8 heteroatoms. The van der Waals surface area contributed by atoms with Gasteiger partial charge in [-0.15, -0.1) is 0 Å². The van der Waals surface area contributed by atoms with E-state index in [4.69, 9.17) is 18.9 Å². The Morgan fingerprint density at radius 2 is 1.69 bits per heavy atom. The zero-order chi connectivity index (χ0) is 20.2. The fourth-order valence-electron chi connectivity index (χ4n) is 3.03. The second-order valence-electron chi connectivity index (χ2n) is 6.42. The molecular weight excluding hydrogens is 372 g/mol. The third-order valence-electron chi connectivity index (χ3n) is 4.40. The van der Waals surface area contributed by atoms with Crippen molar-refractivity contribution in [1.29, 1.82) is 0 Å². The molecule has 0 radical (unpaired) electrons. The molecule has 1 aromatic heterocycles. The molecule has 0 spiro atoms. The molecule has 2 N–H and O–H groups in total. The molecule has 0 saturated carbocycles. The van der Waals surface area contributed by atoms with Gasteiger partial charge in [0.1, 0.15) is 17.5 Å². The van der Waals surface area contributed by atoms with Gasteiger partial charge in [0.25, 0.3) is 0 Å². The summed E-state index contributed by atoms with van der Waals surface area (Å²) in [5.74, 6) is 4.90. The highest BCUT2D eigenvalue weighted by Crippen LogP contribution is 2.33. The van der Waals surface area contributed by atoms with Crippen molar-refractivity contribution in [2.24, 2.45) is 0 Å². The molecule has 1 aliphatic heterocycles. The molecule has 0 aliphatic carbocycles. The molecule has 2 aromatic carbocycles. The lowest BCUT2D eigenvalue weighted by Crippen LogP contribution is -2.05. The number of rotatable bonds is 7. The highest BCUT2D eigenvalue weighted by atomic mass is 16.7. The number of ether oxygens (including phenoxy) is 4. The fraction of sp³-hybridized carbons (Fsp3) is 0.238. The molecule has 8 nitrogen and oxygen atoms in total. The van der Waals surface area contributed by atoms with Gasteiger partial charge in [-0.2, -0.15) is 0 Å². The first-order chi connectivity index (χ1) is 14.1. The van der Waals surface area contributed by atoms with E-state index in [-0.39, 0.29) is 6.79 Å². The van der Waals surface area contributed by atoms with Crippen LogP contribution in [0.5, 0.6) is 23.0 Å². The average Bonchev–Trinajstić information content (AvgIpc) is 3.19. The number of benzene rings is 2. The molecule has 1 aliphatic rings. The third-order valence-corrected chi connectivity index (χ3v) is 4.40. The predicted molar refractivity (Wildman–Crippen MR) is 109 cm³/mol. The number of fused-ring (bicyclic) bond motifs is 1. The molecule has 0 atom stereocenters. The Balaban J connectivity index is 1.47. The second-order valence-corrected chi connectivity index (χ2v) is 6.42. The number of hydrogen-bond acceptors (Lipinski definition) is 8. The molecule has 150 valence electrons. The maximum Gasteiger partial charge on any atom is 0.231 e. The zero-order valence-electron chi connectivity index (χ0n) is 16.5. The van der Waals surface area contributed by atoms with E-state index in [0.29, 0.717) is 29.7 Å². The number of hydrogen-bond donors (Lipinski definition) is 2. The van der Waals surface area contributed by atoms with Crippen molar-refractivity contribution in [3.63, 3.8) is 0 Å². The van der Waals surface area contributed by atoms with Crippen LogP contribution in [0.3, 0.4) is 0 Å². The normalized spacial score (nSPS) is 11.8. The van der Waals surface area contributed by atoms with E-state index in [1.165, 1.54) is 0 Å². The van der Waals surface area contributed by atoms with Gasteiger partial charge in [-0.3, -0.25) is 0 Å². The zero-order valence-corrected chi connectivity index (χ0v) is 16.5. The molecular formula is C21H22N4O4. The van der Waals surface area contributed by atoms with Crippen LogP contribution < -0.4 is 29.6 Å². The standard InChI is InChI=1S/C21H22N4O4/c1-13-23-20(22-11-14-4-6-17-19(8-14)29-12-28-17)10-21(24-13)25-15-5-7-16(26-2)18(9-15)27-3/h4-10H,11-12H2,1-3H3,(H2,22,23,24,25). The molecule has 0 amide bonds. The fourth-order valence-corrected chi connectivity index (χ4v) is 3.03. The highest BCUT2D eigenvalue weighted by Gasteiger charge is 2.13. The maximum absolute atomic E-state index is 5.43. The molecule has 0 fully saturated rings. The van der Waals surface area contributed by atoms with E-state index in [1.54, 1.807) is 14.2 Å². The highest BCUT2D eigenvalue weighted by molar-refractivity contribution is 5.63. The van der Waals surface area contributed by atoms with E-state index in [9.17, 15) is 0 Å². The summed E-state index contributed by atoms with van der Waals surface area (Å²) in [6.07, 6.45) is 0. The van der Waals surface area contributed by atoms with Crippen molar-refractivity contribution < 1.29 is 18.9 Å². The SMILES string of the molecule is COc1ccc(Nc2cc(NCc3ccc4c(c3)OCO4)nc(C)n2)cc1OC. The molecule has 0 bridgehead atoms. The molecule has 0 unspecified atom stereocenters. The van der Waals surface area contributed by atoms with Gasteiger partial charge >= 0.3 is 0 Å². The summed E-state index contributed by atoms with van der Waals surface area (Å²) in [4.78, 5) is 8.92. The quantitative estimate of drug-likeness (QED) is 0.624. The minimum absolute atomic E-state index is 0.266. The Bertz CT molecular complexity index is 1030. The van der Waals surface area contributed by atoms with Crippen LogP contribution >= 0.6 is 0 Å². The number of nitrogens with one attached hydrogen (secondary N) is 2. The van der Waals surface area contributed by atoms with Crippen LogP contribution in [0.1, 0.15) is 11.4 Å². The van der Waals surface area contributed by atoms with Gasteiger partial charge in [0, 0.05) is 24.4 Å². The average molecular weight is 394 g/mol. The summed E-state index contributed by atoms with van der Waals surface area (Å²) in [7, 11) is 3.21. The van der Waals surface area contributed by atoms with Crippen LogP contribution in [0.25, 0.3) is 0 Å². The van der Waals surface area contributed by atoms with E-state index in [2.05, 4.69) is 20.6 Å². The van der Waals surface area contributed by atoms with Crippen LogP contribution in [0.2, 0.25) is 0 Å². The number of methoxy groups -OCH3 is 2. The van der Waals surface area contributed by atoms with Crippen LogP contribution in [0.15, 0.2) is 42.5 Å². The summed E-state index contributed by atoms with van der Waals surface area (Å²) < 4.78 is 21.4. The topological polar surface area (TPSA) is 86.8 Å². The van der Waals surface area contributed by atoms with Crippen molar-refractivity contribution in [3.8, 4) is 23.0 Å². The van der Waals surface area contributed by atoms with Crippen molar-refractivity contribution >= 4 is 17.3 Å². The first-order valence-electron chi connectivity index (χ1n) is 9.12. The summed E-state index contributed by atoms with van der Waals surface area (Å²) >= 11 is 0. The molecule has 3 aromatic rings. The summed E-state index contributed by atoms with van der Waals surface area (Å²) in [5.41, 5.74) is 1.90. The van der Waals surface area contributed by atoms with E-state index in [0.717, 1.165) is 28.6 Å². The van der Waals surface area contributed by atoms with Crippen LogP contribution in [-0.4, -0.2) is 31.0 Å². The van der Waals surface area contributed by atoms with Gasteiger partial charge in [0.05, 0.1) is 14.2 Å². The van der Waals surface area contributed by atoms with Crippen molar-refractivity contribution in [2.75, 3.05) is 31.6 Å². The van der Waals surface area contributed by atoms with Crippen LogP contribution in [-0.2, 0) is 6.54 Å². The molecule has 4 rings (SSSR count). The van der Waals surface area contributed by atoms with Gasteiger partial charge in [-0.1, -0.05) is 6.07 Å². The predicted octanol–water partition coefficient (Wildman–Crippen LogP) is 3.89. The van der Waals surface area contributed by atoms with E-state index in [1.807, 2.05) is 49.4 Å². The molecule has 29 heavy (non-hydrogen) atoms. The molecule has 0 saturated heterocycles. The third kappa shape index (κ3) is 4.26. The lowest BCUT2D eigenvalue weighted by molar-refractivity contribution is 0.174. The van der Waals surface area contributed by atoms with E-state index >= 15 is 0 Å². The number of anilines is 3. The lowest BCUT2D eigenvalue weighted by Gasteiger charge is -2.12. The first kappa shape index (κ1) is 18.7. The number of nitrogens with zero attached hydrogens (tertiary/aromatic N) is 2. The van der Waals surface area contributed by atoms with Crippen LogP contribution in [0.4, 0.5) is 17.3 Å². The van der Waals surface area contributed by atoms with Crippen LogP contribution in [0, 0.1) is 6.92 Å². The smallest absolute Gasteiger partial charge is 0.231 e. The van der Waals surface area contributed by atoms with Crippen molar-refractivity contribution in [1.82, 2.24) is 9.97 Å². The summed E-state index contributed by atoms with van der Waals surface area (Å²) in [6, 6.07) is 13.3. The second kappa shape index (κ2) is 8.14. The Hall–Kier alpha value is -3.68. The number of aromatic nitrogens is 2. The Morgan fingerprint density at radius 3 is 2.52 bits per heavy atom. The maximum atomic E-state index is 5.43. The van der Waals surface area contributed by atoms with Gasteiger partial charge in [0.15, 0.2) is 23.0 Å². The Labute approximate surface area is 168 Å². The van der Waals surface area contributed by atoms with Gasteiger partial charge < -0.3 is 29.6 Å². The summed E-state index contributed by atoms with van der Waals surface area (Å²) in [5, 5.41) is 6.61. The van der Waals surface area contributed by atoms with Gasteiger partial charge in [-0.25, -0.2) is 9.97 Å². The first-order valence-corrected chi connectivity index (χ1v) is 9.12. The summed E-state index contributed by atoms with van der Waals surface area (Å²) in [6.45, 7) is 2.72.